The van der Waals surface area contributed by atoms with Crippen LogP contribution in [-0.2, 0) is 9.59 Å². The first-order valence-electron chi connectivity index (χ1n) is 7.97. The van der Waals surface area contributed by atoms with E-state index < -0.39 is 6.10 Å². The Morgan fingerprint density at radius 2 is 1.83 bits per heavy atom. The summed E-state index contributed by atoms with van der Waals surface area (Å²) in [6.45, 7) is 3.09. The number of ether oxygens (including phenoxy) is 2. The van der Waals surface area contributed by atoms with E-state index >= 15 is 0 Å². The minimum atomic E-state index is -0.591. The van der Waals surface area contributed by atoms with Gasteiger partial charge in [0, 0.05) is 33.1 Å². The lowest BCUT2D eigenvalue weighted by Gasteiger charge is -2.38. The van der Waals surface area contributed by atoms with Crippen LogP contribution in [0.25, 0.3) is 0 Å². The molecule has 1 atom stereocenters. The summed E-state index contributed by atoms with van der Waals surface area (Å²) in [6, 6.07) is 7.58. The average molecular weight is 318 g/mol. The molecule has 2 heterocycles. The van der Waals surface area contributed by atoms with Crippen molar-refractivity contribution < 1.29 is 19.1 Å². The van der Waals surface area contributed by atoms with Gasteiger partial charge < -0.3 is 19.3 Å². The first-order chi connectivity index (χ1) is 11.1. The van der Waals surface area contributed by atoms with Crippen LogP contribution in [0.5, 0.6) is 11.5 Å². The average Bonchev–Trinajstić information content (AvgIpc) is 2.60. The SMILES string of the molecule is CC(=O)N(C)C1CCN(C(=O)C2COc3ccccc3O2)CC1. The number of hydrogen-bond donors (Lipinski definition) is 0. The second-order valence-corrected chi connectivity index (χ2v) is 6.05. The maximum Gasteiger partial charge on any atom is 0.267 e. The minimum Gasteiger partial charge on any atom is -0.485 e. The number of hydrogen-bond acceptors (Lipinski definition) is 4. The molecular weight excluding hydrogens is 296 g/mol. The van der Waals surface area contributed by atoms with E-state index in [2.05, 4.69) is 0 Å². The lowest BCUT2D eigenvalue weighted by Crippen LogP contribution is -2.52. The largest absolute Gasteiger partial charge is 0.485 e. The van der Waals surface area contributed by atoms with Crippen molar-refractivity contribution in [1.82, 2.24) is 9.80 Å². The summed E-state index contributed by atoms with van der Waals surface area (Å²) in [5.41, 5.74) is 0. The summed E-state index contributed by atoms with van der Waals surface area (Å²) in [6.07, 6.45) is 1.00. The van der Waals surface area contributed by atoms with Crippen LogP contribution in [0.2, 0.25) is 0 Å². The molecule has 1 fully saturated rings. The molecule has 23 heavy (non-hydrogen) atoms. The van der Waals surface area contributed by atoms with Gasteiger partial charge in [-0.3, -0.25) is 9.59 Å². The fraction of sp³-hybridized carbons (Fsp3) is 0.529. The number of likely N-dealkylation sites (tertiary alicyclic amines) is 1. The fourth-order valence-corrected chi connectivity index (χ4v) is 3.08. The summed E-state index contributed by atoms with van der Waals surface area (Å²) in [7, 11) is 1.82. The molecule has 2 aliphatic heterocycles. The van der Waals surface area contributed by atoms with Crippen molar-refractivity contribution in [3.8, 4) is 11.5 Å². The summed E-state index contributed by atoms with van der Waals surface area (Å²) in [4.78, 5) is 27.6. The molecule has 6 nitrogen and oxygen atoms in total. The van der Waals surface area contributed by atoms with E-state index in [0.29, 0.717) is 24.6 Å². The quantitative estimate of drug-likeness (QED) is 0.824. The van der Waals surface area contributed by atoms with Crippen LogP contribution in [0.3, 0.4) is 0 Å². The number of carbonyl (C=O) groups excluding carboxylic acids is 2. The van der Waals surface area contributed by atoms with Crippen molar-refractivity contribution in [3.05, 3.63) is 24.3 Å². The first kappa shape index (κ1) is 15.6. The highest BCUT2D eigenvalue weighted by molar-refractivity contribution is 5.82. The highest BCUT2D eigenvalue weighted by Crippen LogP contribution is 2.31. The Morgan fingerprint density at radius 1 is 1.17 bits per heavy atom. The number of amides is 2. The predicted octanol–water partition coefficient (Wildman–Crippen LogP) is 1.30. The van der Waals surface area contributed by atoms with Crippen molar-refractivity contribution >= 4 is 11.8 Å². The molecule has 3 rings (SSSR count). The number of fused-ring (bicyclic) bond motifs is 1. The molecule has 0 aliphatic carbocycles. The molecule has 0 aromatic heterocycles. The number of nitrogens with zero attached hydrogens (tertiary/aromatic N) is 2. The molecule has 0 bridgehead atoms. The fourth-order valence-electron chi connectivity index (χ4n) is 3.08. The topological polar surface area (TPSA) is 59.1 Å². The third-order valence-corrected chi connectivity index (χ3v) is 4.60. The molecule has 2 amide bonds. The van der Waals surface area contributed by atoms with Gasteiger partial charge in [-0.05, 0) is 25.0 Å². The lowest BCUT2D eigenvalue weighted by molar-refractivity contribution is -0.143. The van der Waals surface area contributed by atoms with Gasteiger partial charge in [-0.25, -0.2) is 0 Å². The highest BCUT2D eigenvalue weighted by atomic mass is 16.6. The Balaban J connectivity index is 1.57. The molecule has 1 unspecified atom stereocenters. The number of piperidine rings is 1. The monoisotopic (exact) mass is 318 g/mol. The van der Waals surface area contributed by atoms with E-state index in [1.807, 2.05) is 36.2 Å². The van der Waals surface area contributed by atoms with Crippen LogP contribution in [0, 0.1) is 0 Å². The van der Waals surface area contributed by atoms with E-state index in [4.69, 9.17) is 9.47 Å². The van der Waals surface area contributed by atoms with Crippen LogP contribution < -0.4 is 9.47 Å². The highest BCUT2D eigenvalue weighted by Gasteiger charge is 2.33. The van der Waals surface area contributed by atoms with E-state index in [-0.39, 0.29) is 24.5 Å². The Bertz CT molecular complexity index is 596. The molecule has 1 saturated heterocycles. The minimum absolute atomic E-state index is 0.0385. The van der Waals surface area contributed by atoms with Gasteiger partial charge in [0.15, 0.2) is 11.5 Å². The Hall–Kier alpha value is -2.24. The predicted molar refractivity (Wildman–Crippen MR) is 84.4 cm³/mol. The second-order valence-electron chi connectivity index (χ2n) is 6.05. The summed E-state index contributed by atoms with van der Waals surface area (Å²) in [5.74, 6) is 1.32. The van der Waals surface area contributed by atoms with Crippen LogP contribution in [0.15, 0.2) is 24.3 Å². The van der Waals surface area contributed by atoms with Gasteiger partial charge in [-0.1, -0.05) is 12.1 Å². The van der Waals surface area contributed by atoms with Crippen molar-refractivity contribution in [1.29, 1.82) is 0 Å². The number of benzene rings is 1. The maximum atomic E-state index is 12.6. The molecular formula is C17H22N2O4. The Kier molecular flexibility index (Phi) is 4.41. The van der Waals surface area contributed by atoms with Crippen molar-refractivity contribution in [3.63, 3.8) is 0 Å². The van der Waals surface area contributed by atoms with E-state index in [1.54, 1.807) is 11.8 Å². The van der Waals surface area contributed by atoms with Gasteiger partial charge in [-0.15, -0.1) is 0 Å². The number of rotatable bonds is 2. The van der Waals surface area contributed by atoms with Gasteiger partial charge in [-0.2, -0.15) is 0 Å². The van der Waals surface area contributed by atoms with Crippen LogP contribution >= 0.6 is 0 Å². The van der Waals surface area contributed by atoms with E-state index in [1.165, 1.54) is 0 Å². The smallest absolute Gasteiger partial charge is 0.267 e. The normalized spacial score (nSPS) is 21.0. The molecule has 0 spiro atoms. The summed E-state index contributed by atoms with van der Waals surface area (Å²) >= 11 is 0. The zero-order chi connectivity index (χ0) is 16.4. The van der Waals surface area contributed by atoms with Crippen molar-refractivity contribution in [2.24, 2.45) is 0 Å². The first-order valence-corrected chi connectivity index (χ1v) is 7.97. The standard InChI is InChI=1S/C17H22N2O4/c1-12(20)18(2)13-7-9-19(10-8-13)17(21)16-11-22-14-5-3-4-6-15(14)23-16/h3-6,13,16H,7-11H2,1-2H3. The van der Waals surface area contributed by atoms with E-state index in [0.717, 1.165) is 12.8 Å². The molecule has 0 N–H and O–H groups in total. The maximum absolute atomic E-state index is 12.6. The van der Waals surface area contributed by atoms with Crippen LogP contribution in [0.4, 0.5) is 0 Å². The number of carbonyl (C=O) groups is 2. The summed E-state index contributed by atoms with van der Waals surface area (Å²) in [5, 5.41) is 0. The zero-order valence-corrected chi connectivity index (χ0v) is 13.5. The third-order valence-electron chi connectivity index (χ3n) is 4.60. The molecule has 2 aliphatic rings. The van der Waals surface area contributed by atoms with Crippen LogP contribution in [-0.4, -0.2) is 60.5 Å². The third kappa shape index (κ3) is 3.25. The Morgan fingerprint density at radius 3 is 2.48 bits per heavy atom. The number of para-hydroxylation sites is 2. The van der Waals surface area contributed by atoms with Gasteiger partial charge in [0.05, 0.1) is 0 Å². The Labute approximate surface area is 136 Å². The molecule has 124 valence electrons. The zero-order valence-electron chi connectivity index (χ0n) is 13.5. The summed E-state index contributed by atoms with van der Waals surface area (Å²) < 4.78 is 11.4. The molecule has 0 radical (unpaired) electrons. The van der Waals surface area contributed by atoms with Gasteiger partial charge in [0.2, 0.25) is 12.0 Å². The van der Waals surface area contributed by atoms with Gasteiger partial charge >= 0.3 is 0 Å². The molecule has 0 saturated carbocycles. The molecule has 1 aromatic carbocycles. The lowest BCUT2D eigenvalue weighted by atomic mass is 10.0. The van der Waals surface area contributed by atoms with Crippen molar-refractivity contribution in [2.75, 3.05) is 26.7 Å². The van der Waals surface area contributed by atoms with Crippen LogP contribution in [0.1, 0.15) is 19.8 Å². The van der Waals surface area contributed by atoms with Gasteiger partial charge in [0.25, 0.3) is 5.91 Å². The second kappa shape index (κ2) is 6.48. The van der Waals surface area contributed by atoms with E-state index in [9.17, 15) is 9.59 Å². The molecule has 1 aromatic rings. The van der Waals surface area contributed by atoms with Gasteiger partial charge in [0.1, 0.15) is 6.61 Å². The molecule has 6 heteroatoms. The van der Waals surface area contributed by atoms with Crippen molar-refractivity contribution in [2.45, 2.75) is 31.9 Å².